The van der Waals surface area contributed by atoms with Gasteiger partial charge in [0.05, 0.1) is 6.54 Å². The van der Waals surface area contributed by atoms with Gasteiger partial charge in [-0.05, 0) is 50.9 Å². The molecule has 0 amide bonds. The summed E-state index contributed by atoms with van der Waals surface area (Å²) in [4.78, 5) is 6.96. The third-order valence-electron chi connectivity index (χ3n) is 4.84. The fourth-order valence-electron chi connectivity index (χ4n) is 3.66. The van der Waals surface area contributed by atoms with Gasteiger partial charge in [0.15, 0.2) is 11.5 Å². The van der Waals surface area contributed by atoms with E-state index in [4.69, 9.17) is 9.47 Å². The minimum Gasteiger partial charge on any atom is -0.486 e. The van der Waals surface area contributed by atoms with Gasteiger partial charge in [0.25, 0.3) is 0 Å². The van der Waals surface area contributed by atoms with E-state index < -0.39 is 0 Å². The van der Waals surface area contributed by atoms with E-state index in [1.807, 2.05) is 24.6 Å². The normalized spacial score (nSPS) is 20.5. The van der Waals surface area contributed by atoms with Crippen LogP contribution in [0.3, 0.4) is 0 Å². The Kier molecular flexibility index (Phi) is 4.14. The Morgan fingerprint density at radius 3 is 2.79 bits per heavy atom. The molecule has 128 valence electrons. The van der Waals surface area contributed by atoms with E-state index >= 15 is 0 Å². The van der Waals surface area contributed by atoms with Crippen LogP contribution in [0.4, 0.5) is 0 Å². The molecule has 0 unspecified atom stereocenters. The largest absolute Gasteiger partial charge is 0.486 e. The van der Waals surface area contributed by atoms with E-state index in [2.05, 4.69) is 27.1 Å². The van der Waals surface area contributed by atoms with Gasteiger partial charge in [-0.15, -0.1) is 0 Å². The summed E-state index contributed by atoms with van der Waals surface area (Å²) < 4.78 is 13.4. The first-order valence-electron chi connectivity index (χ1n) is 8.69. The molecule has 2 aliphatic rings. The van der Waals surface area contributed by atoms with E-state index in [1.54, 1.807) is 0 Å². The van der Waals surface area contributed by atoms with Crippen molar-refractivity contribution in [3.63, 3.8) is 0 Å². The highest BCUT2D eigenvalue weighted by Gasteiger charge is 2.26. The van der Waals surface area contributed by atoms with E-state index in [-0.39, 0.29) is 0 Å². The van der Waals surface area contributed by atoms with Crippen LogP contribution in [0.15, 0.2) is 18.2 Å². The average Bonchev–Trinajstić information content (AvgIpc) is 3.14. The molecular weight excluding hydrogens is 304 g/mol. The Bertz CT molecular complexity index is 728. The van der Waals surface area contributed by atoms with Gasteiger partial charge in [0.1, 0.15) is 24.9 Å². The van der Waals surface area contributed by atoms with Crippen LogP contribution in [0.1, 0.15) is 30.1 Å². The van der Waals surface area contributed by atoms with E-state index in [9.17, 15) is 0 Å². The lowest BCUT2D eigenvalue weighted by molar-refractivity contribution is 0.170. The molecule has 1 aromatic heterocycles. The number of aromatic nitrogens is 3. The zero-order valence-corrected chi connectivity index (χ0v) is 14.4. The summed E-state index contributed by atoms with van der Waals surface area (Å²) in [6, 6.07) is 6.81. The molecule has 1 fully saturated rings. The van der Waals surface area contributed by atoms with Crippen LogP contribution in [0.5, 0.6) is 11.5 Å². The number of hydrogen-bond acceptors (Lipinski definition) is 5. The van der Waals surface area contributed by atoms with Crippen LogP contribution in [0.25, 0.3) is 0 Å². The molecule has 0 bridgehead atoms. The van der Waals surface area contributed by atoms with Crippen LogP contribution >= 0.6 is 0 Å². The van der Waals surface area contributed by atoms with Crippen molar-refractivity contribution in [2.45, 2.75) is 45.8 Å². The fourth-order valence-corrected chi connectivity index (χ4v) is 3.66. The van der Waals surface area contributed by atoms with Gasteiger partial charge >= 0.3 is 0 Å². The number of rotatable bonds is 4. The Hall–Kier alpha value is -2.08. The summed E-state index contributed by atoms with van der Waals surface area (Å²) >= 11 is 0. The summed E-state index contributed by atoms with van der Waals surface area (Å²) in [7, 11) is 0. The van der Waals surface area contributed by atoms with E-state index in [0.29, 0.717) is 19.3 Å². The molecule has 0 aliphatic carbocycles. The lowest BCUT2D eigenvalue weighted by Crippen LogP contribution is -2.33. The zero-order valence-electron chi connectivity index (χ0n) is 14.4. The minimum absolute atomic E-state index is 0.512. The number of benzene rings is 1. The van der Waals surface area contributed by atoms with Gasteiger partial charge < -0.3 is 9.47 Å². The van der Waals surface area contributed by atoms with Crippen LogP contribution in [0, 0.1) is 13.8 Å². The number of nitrogens with zero attached hydrogens (tertiary/aromatic N) is 4. The topological polar surface area (TPSA) is 52.4 Å². The maximum atomic E-state index is 5.70. The molecule has 6 nitrogen and oxygen atoms in total. The molecule has 0 spiro atoms. The summed E-state index contributed by atoms with van der Waals surface area (Å²) in [5, 5.41) is 4.52. The molecule has 2 aliphatic heterocycles. The second kappa shape index (κ2) is 6.43. The van der Waals surface area contributed by atoms with Crippen molar-refractivity contribution in [3.8, 4) is 11.5 Å². The van der Waals surface area contributed by atoms with Crippen molar-refractivity contribution in [2.24, 2.45) is 0 Å². The Labute approximate surface area is 142 Å². The molecule has 3 heterocycles. The van der Waals surface area contributed by atoms with Crippen molar-refractivity contribution in [3.05, 3.63) is 35.4 Å². The molecule has 1 saturated heterocycles. The average molecular weight is 328 g/mol. The Balaban J connectivity index is 1.46. The predicted molar refractivity (Wildman–Crippen MR) is 90.4 cm³/mol. The third-order valence-corrected chi connectivity index (χ3v) is 4.84. The highest BCUT2D eigenvalue weighted by atomic mass is 16.6. The van der Waals surface area contributed by atoms with Crippen molar-refractivity contribution in [2.75, 3.05) is 19.8 Å². The van der Waals surface area contributed by atoms with Crippen LogP contribution in [-0.2, 0) is 13.1 Å². The fraction of sp³-hybridized carbons (Fsp3) is 0.556. The molecule has 0 saturated carbocycles. The van der Waals surface area contributed by atoms with Crippen LogP contribution in [-0.4, -0.2) is 45.5 Å². The van der Waals surface area contributed by atoms with Gasteiger partial charge in [-0.1, -0.05) is 6.07 Å². The van der Waals surface area contributed by atoms with Crippen LogP contribution in [0.2, 0.25) is 0 Å². The first-order valence-corrected chi connectivity index (χ1v) is 8.69. The van der Waals surface area contributed by atoms with Crippen molar-refractivity contribution < 1.29 is 9.47 Å². The molecule has 0 N–H and O–H groups in total. The number of hydrogen-bond donors (Lipinski definition) is 0. The quantitative estimate of drug-likeness (QED) is 0.862. The number of ether oxygens (including phenoxy) is 2. The van der Waals surface area contributed by atoms with E-state index in [1.165, 1.54) is 18.4 Å². The monoisotopic (exact) mass is 328 g/mol. The summed E-state index contributed by atoms with van der Waals surface area (Å²) in [5.74, 6) is 3.58. The van der Waals surface area contributed by atoms with Gasteiger partial charge in [0.2, 0.25) is 0 Å². The van der Waals surface area contributed by atoms with Gasteiger partial charge in [-0.3, -0.25) is 4.90 Å². The Morgan fingerprint density at radius 1 is 1.17 bits per heavy atom. The van der Waals surface area contributed by atoms with Gasteiger partial charge in [-0.25, -0.2) is 9.67 Å². The van der Waals surface area contributed by atoms with Crippen molar-refractivity contribution in [1.29, 1.82) is 0 Å². The van der Waals surface area contributed by atoms with Crippen molar-refractivity contribution >= 4 is 0 Å². The lowest BCUT2D eigenvalue weighted by atomic mass is 10.1. The zero-order chi connectivity index (χ0) is 16.5. The number of likely N-dealkylation sites (tertiary alicyclic amines) is 1. The molecule has 24 heavy (non-hydrogen) atoms. The minimum atomic E-state index is 0.512. The second-order valence-electron chi connectivity index (χ2n) is 6.63. The molecule has 2 aromatic rings. The van der Waals surface area contributed by atoms with Gasteiger partial charge in [0, 0.05) is 12.6 Å². The summed E-state index contributed by atoms with van der Waals surface area (Å²) in [6.45, 7) is 8.23. The van der Waals surface area contributed by atoms with Gasteiger partial charge in [-0.2, -0.15) is 5.10 Å². The maximum Gasteiger partial charge on any atom is 0.161 e. The molecule has 1 atom stereocenters. The van der Waals surface area contributed by atoms with E-state index in [0.717, 1.165) is 42.8 Å². The standard InChI is InChI=1S/C18H24N4O2/c1-13-19-14(2)22(20-13)12-16-4-3-7-21(16)11-15-5-6-17-18(10-15)24-9-8-23-17/h5-6,10,16H,3-4,7-9,11-12H2,1-2H3/t16-/m1/s1. The van der Waals surface area contributed by atoms with Crippen molar-refractivity contribution in [1.82, 2.24) is 19.7 Å². The highest BCUT2D eigenvalue weighted by molar-refractivity contribution is 5.43. The lowest BCUT2D eigenvalue weighted by Gasteiger charge is -2.25. The Morgan fingerprint density at radius 2 is 2.00 bits per heavy atom. The summed E-state index contributed by atoms with van der Waals surface area (Å²) in [6.07, 6.45) is 2.45. The molecule has 6 heteroatoms. The first kappa shape index (κ1) is 15.4. The predicted octanol–water partition coefficient (Wildman–Crippen LogP) is 2.33. The smallest absolute Gasteiger partial charge is 0.161 e. The second-order valence-corrected chi connectivity index (χ2v) is 6.63. The SMILES string of the molecule is Cc1nc(C)n(C[C@H]2CCCN2Cc2ccc3c(c2)OCCO3)n1. The highest BCUT2D eigenvalue weighted by Crippen LogP contribution is 2.32. The molecule has 0 radical (unpaired) electrons. The number of aryl methyl sites for hydroxylation is 2. The first-order chi connectivity index (χ1) is 11.7. The molecular formula is C18H24N4O2. The van der Waals surface area contributed by atoms with Crippen LogP contribution < -0.4 is 9.47 Å². The molecule has 1 aromatic carbocycles. The number of fused-ring (bicyclic) bond motifs is 1. The maximum absolute atomic E-state index is 5.70. The third kappa shape index (κ3) is 3.11. The molecule has 4 rings (SSSR count). The summed E-state index contributed by atoms with van der Waals surface area (Å²) in [5.41, 5.74) is 1.28.